The Hall–Kier alpha value is -0.820. The molecule has 1 N–H and O–H groups in total. The summed E-state index contributed by atoms with van der Waals surface area (Å²) in [6.45, 7) is 12.3. The van der Waals surface area contributed by atoms with Crippen LogP contribution in [-0.4, -0.2) is 12.6 Å². The summed E-state index contributed by atoms with van der Waals surface area (Å²) >= 11 is 0. The first kappa shape index (κ1) is 13.2. The van der Waals surface area contributed by atoms with Gasteiger partial charge in [0.25, 0.3) is 0 Å². The fourth-order valence-corrected chi connectivity index (χ4v) is 2.01. The predicted molar refractivity (Wildman–Crippen MR) is 71.8 cm³/mol. The lowest BCUT2D eigenvalue weighted by molar-refractivity contribution is 0.270. The summed E-state index contributed by atoms with van der Waals surface area (Å²) < 4.78 is 0. The molecule has 1 aromatic carbocycles. The van der Waals surface area contributed by atoms with Crippen LogP contribution in [0, 0.1) is 12.3 Å². The molecule has 90 valence electrons. The van der Waals surface area contributed by atoms with Crippen LogP contribution in [0.25, 0.3) is 0 Å². The minimum absolute atomic E-state index is 0.305. The highest BCUT2D eigenvalue weighted by atomic mass is 14.9. The van der Waals surface area contributed by atoms with Crippen LogP contribution in [-0.2, 0) is 6.42 Å². The number of hydrogen-bond acceptors (Lipinski definition) is 1. The molecule has 0 aliphatic carbocycles. The monoisotopic (exact) mass is 219 g/mol. The molecule has 0 radical (unpaired) electrons. The van der Waals surface area contributed by atoms with Crippen LogP contribution in [0.15, 0.2) is 24.3 Å². The molecule has 1 aromatic rings. The maximum absolute atomic E-state index is 3.59. The molecule has 0 saturated carbocycles. The summed E-state index contributed by atoms with van der Waals surface area (Å²) in [4.78, 5) is 0. The summed E-state index contributed by atoms with van der Waals surface area (Å²) in [5.41, 5.74) is 3.09. The Morgan fingerprint density at radius 3 is 2.44 bits per heavy atom. The van der Waals surface area contributed by atoms with Crippen molar-refractivity contribution in [3.8, 4) is 0 Å². The van der Waals surface area contributed by atoms with Gasteiger partial charge >= 0.3 is 0 Å². The molecule has 1 nitrogen and oxygen atoms in total. The molecular weight excluding hydrogens is 194 g/mol. The first-order valence-corrected chi connectivity index (χ1v) is 6.22. The van der Waals surface area contributed by atoms with Crippen LogP contribution >= 0.6 is 0 Å². The van der Waals surface area contributed by atoms with Crippen molar-refractivity contribution in [1.82, 2.24) is 5.32 Å². The average Bonchev–Trinajstić information content (AvgIpc) is 2.16. The number of nitrogens with one attached hydrogen (secondary N) is 1. The molecule has 0 amide bonds. The molecule has 0 fully saturated rings. The van der Waals surface area contributed by atoms with Gasteiger partial charge in [0.2, 0.25) is 0 Å². The van der Waals surface area contributed by atoms with Crippen LogP contribution < -0.4 is 5.32 Å². The average molecular weight is 219 g/mol. The minimum atomic E-state index is 0.305. The third-order valence-corrected chi connectivity index (χ3v) is 3.02. The van der Waals surface area contributed by atoms with Crippen molar-refractivity contribution in [1.29, 1.82) is 0 Å². The summed E-state index contributed by atoms with van der Waals surface area (Å²) in [6, 6.07) is 9.36. The zero-order valence-corrected chi connectivity index (χ0v) is 11.3. The first-order chi connectivity index (χ1) is 7.43. The summed E-state index contributed by atoms with van der Waals surface area (Å²) in [7, 11) is 0. The fourth-order valence-electron chi connectivity index (χ4n) is 2.01. The second-order valence-corrected chi connectivity index (χ2v) is 5.67. The van der Waals surface area contributed by atoms with E-state index in [0.29, 0.717) is 11.5 Å². The zero-order chi connectivity index (χ0) is 12.2. The fraction of sp³-hybridized carbons (Fsp3) is 0.600. The van der Waals surface area contributed by atoms with Gasteiger partial charge in [-0.1, -0.05) is 57.5 Å². The SMILES string of the molecule is CCNC(Cc1cccc(C)c1)C(C)(C)C. The standard InChI is InChI=1S/C15H25N/c1-6-16-14(15(3,4)5)11-13-9-7-8-12(2)10-13/h7-10,14,16H,6,11H2,1-5H3. The van der Waals surface area contributed by atoms with Gasteiger partial charge in [0.05, 0.1) is 0 Å². The number of aryl methyl sites for hydroxylation is 1. The van der Waals surface area contributed by atoms with E-state index in [1.165, 1.54) is 11.1 Å². The van der Waals surface area contributed by atoms with E-state index < -0.39 is 0 Å². The molecule has 0 heterocycles. The van der Waals surface area contributed by atoms with Crippen LogP contribution in [0.3, 0.4) is 0 Å². The summed E-state index contributed by atoms with van der Waals surface area (Å²) in [6.07, 6.45) is 1.11. The molecular formula is C15H25N. The Bertz CT molecular complexity index is 322. The van der Waals surface area contributed by atoms with Gasteiger partial charge in [0.1, 0.15) is 0 Å². The van der Waals surface area contributed by atoms with E-state index in [1.807, 2.05) is 0 Å². The van der Waals surface area contributed by atoms with Gasteiger partial charge in [0.15, 0.2) is 0 Å². The molecule has 1 rings (SSSR count). The number of rotatable bonds is 4. The van der Waals surface area contributed by atoms with Gasteiger partial charge in [-0.2, -0.15) is 0 Å². The maximum atomic E-state index is 3.59. The Labute approximate surface area is 100 Å². The Morgan fingerprint density at radius 2 is 1.94 bits per heavy atom. The third-order valence-electron chi connectivity index (χ3n) is 3.02. The van der Waals surface area contributed by atoms with Gasteiger partial charge < -0.3 is 5.32 Å². The van der Waals surface area contributed by atoms with E-state index in [2.05, 4.69) is 64.2 Å². The molecule has 1 unspecified atom stereocenters. The van der Waals surface area contributed by atoms with Crippen molar-refractivity contribution in [3.63, 3.8) is 0 Å². The smallest absolute Gasteiger partial charge is 0.0156 e. The van der Waals surface area contributed by atoms with Crippen LogP contribution in [0.5, 0.6) is 0 Å². The maximum Gasteiger partial charge on any atom is 0.0156 e. The van der Waals surface area contributed by atoms with Crippen molar-refractivity contribution >= 4 is 0 Å². The third kappa shape index (κ3) is 3.97. The van der Waals surface area contributed by atoms with E-state index >= 15 is 0 Å². The highest BCUT2D eigenvalue weighted by Crippen LogP contribution is 2.22. The van der Waals surface area contributed by atoms with Gasteiger partial charge in [-0.25, -0.2) is 0 Å². The number of hydrogen-bond donors (Lipinski definition) is 1. The van der Waals surface area contributed by atoms with Crippen LogP contribution in [0.1, 0.15) is 38.8 Å². The second kappa shape index (κ2) is 5.49. The molecule has 1 heteroatoms. The number of likely N-dealkylation sites (N-methyl/N-ethyl adjacent to an activating group) is 1. The first-order valence-electron chi connectivity index (χ1n) is 6.22. The lowest BCUT2D eigenvalue weighted by Gasteiger charge is -2.31. The largest absolute Gasteiger partial charge is 0.313 e. The second-order valence-electron chi connectivity index (χ2n) is 5.67. The Morgan fingerprint density at radius 1 is 1.25 bits per heavy atom. The molecule has 0 saturated heterocycles. The van der Waals surface area contributed by atoms with Gasteiger partial charge in [-0.15, -0.1) is 0 Å². The van der Waals surface area contributed by atoms with Gasteiger partial charge in [-0.05, 0) is 30.9 Å². The molecule has 0 aromatic heterocycles. The van der Waals surface area contributed by atoms with E-state index in [9.17, 15) is 0 Å². The van der Waals surface area contributed by atoms with E-state index in [1.54, 1.807) is 0 Å². The molecule has 1 atom stereocenters. The van der Waals surface area contributed by atoms with Crippen molar-refractivity contribution < 1.29 is 0 Å². The van der Waals surface area contributed by atoms with E-state index in [-0.39, 0.29) is 0 Å². The lowest BCUT2D eigenvalue weighted by Crippen LogP contribution is -2.41. The van der Waals surface area contributed by atoms with Crippen molar-refractivity contribution in [2.24, 2.45) is 5.41 Å². The molecule has 0 bridgehead atoms. The highest BCUT2D eigenvalue weighted by Gasteiger charge is 2.23. The molecule has 0 aliphatic rings. The topological polar surface area (TPSA) is 12.0 Å². The Kier molecular flexibility index (Phi) is 4.55. The highest BCUT2D eigenvalue weighted by molar-refractivity contribution is 5.23. The quantitative estimate of drug-likeness (QED) is 0.816. The zero-order valence-electron chi connectivity index (χ0n) is 11.3. The van der Waals surface area contributed by atoms with Crippen LogP contribution in [0.4, 0.5) is 0 Å². The van der Waals surface area contributed by atoms with Crippen LogP contribution in [0.2, 0.25) is 0 Å². The van der Waals surface area contributed by atoms with Crippen molar-refractivity contribution in [2.75, 3.05) is 6.54 Å². The Balaban J connectivity index is 2.76. The lowest BCUT2D eigenvalue weighted by atomic mass is 9.83. The predicted octanol–water partition coefficient (Wildman–Crippen LogP) is 3.56. The van der Waals surface area contributed by atoms with E-state index in [0.717, 1.165) is 13.0 Å². The number of benzene rings is 1. The summed E-state index contributed by atoms with van der Waals surface area (Å²) in [5.74, 6) is 0. The molecule has 16 heavy (non-hydrogen) atoms. The summed E-state index contributed by atoms with van der Waals surface area (Å²) in [5, 5.41) is 3.59. The minimum Gasteiger partial charge on any atom is -0.313 e. The van der Waals surface area contributed by atoms with Gasteiger partial charge in [-0.3, -0.25) is 0 Å². The van der Waals surface area contributed by atoms with Crippen molar-refractivity contribution in [3.05, 3.63) is 35.4 Å². The van der Waals surface area contributed by atoms with Gasteiger partial charge in [0, 0.05) is 6.04 Å². The normalized spacial score (nSPS) is 13.8. The molecule has 0 spiro atoms. The molecule has 0 aliphatic heterocycles. The van der Waals surface area contributed by atoms with E-state index in [4.69, 9.17) is 0 Å². The van der Waals surface area contributed by atoms with Crippen molar-refractivity contribution in [2.45, 2.75) is 47.1 Å².